The van der Waals surface area contributed by atoms with Gasteiger partial charge < -0.3 is 13.9 Å². The van der Waals surface area contributed by atoms with Crippen LogP contribution in [0.1, 0.15) is 12.0 Å². The summed E-state index contributed by atoms with van der Waals surface area (Å²) in [6.07, 6.45) is 2.11. The fourth-order valence-corrected chi connectivity index (χ4v) is 3.31. The van der Waals surface area contributed by atoms with Crippen molar-refractivity contribution in [2.24, 2.45) is 0 Å². The van der Waals surface area contributed by atoms with Gasteiger partial charge in [0.1, 0.15) is 23.3 Å². The molecule has 0 radical (unpaired) electrons. The summed E-state index contributed by atoms with van der Waals surface area (Å²) in [5.74, 6) is 0.549. The van der Waals surface area contributed by atoms with Gasteiger partial charge in [-0.15, -0.1) is 0 Å². The topological polar surface area (TPSA) is 65.7 Å². The van der Waals surface area contributed by atoms with Gasteiger partial charge in [0.25, 0.3) is 0 Å². The number of rotatable bonds is 6. The molecule has 0 N–H and O–H groups in total. The SMILES string of the molecule is O=C(CCc1ccccc1)Oc1ccc2c(=O)c(Oc3ccccc3Br)coc2c1. The van der Waals surface area contributed by atoms with Gasteiger partial charge in [-0.1, -0.05) is 42.5 Å². The lowest BCUT2D eigenvalue weighted by atomic mass is 10.1. The monoisotopic (exact) mass is 464 g/mol. The number of hydrogen-bond acceptors (Lipinski definition) is 5. The van der Waals surface area contributed by atoms with Crippen molar-refractivity contribution in [3.05, 3.63) is 99.3 Å². The largest absolute Gasteiger partial charge is 0.460 e. The molecular weight excluding hydrogens is 448 g/mol. The normalized spacial score (nSPS) is 10.7. The Kier molecular flexibility index (Phi) is 5.95. The average Bonchev–Trinajstić information content (AvgIpc) is 2.76. The van der Waals surface area contributed by atoms with Gasteiger partial charge in [0, 0.05) is 12.5 Å². The highest BCUT2D eigenvalue weighted by Gasteiger charge is 2.13. The predicted octanol–water partition coefficient (Wildman–Crippen LogP) is 5.89. The van der Waals surface area contributed by atoms with Crippen LogP contribution in [0.25, 0.3) is 11.0 Å². The van der Waals surface area contributed by atoms with Crippen molar-refractivity contribution in [1.82, 2.24) is 0 Å². The van der Waals surface area contributed by atoms with Crippen LogP contribution in [0.15, 0.2) is 92.7 Å². The van der Waals surface area contributed by atoms with Crippen LogP contribution in [-0.4, -0.2) is 5.97 Å². The number of halogens is 1. The number of esters is 1. The summed E-state index contributed by atoms with van der Waals surface area (Å²) >= 11 is 3.38. The number of carbonyl (C=O) groups is 1. The summed E-state index contributed by atoms with van der Waals surface area (Å²) in [4.78, 5) is 24.9. The number of para-hydroxylation sites is 1. The van der Waals surface area contributed by atoms with Crippen LogP contribution in [0.2, 0.25) is 0 Å². The maximum atomic E-state index is 12.7. The molecule has 4 rings (SSSR count). The molecule has 0 aliphatic carbocycles. The zero-order valence-electron chi connectivity index (χ0n) is 15.8. The number of aryl methyl sites for hydroxylation is 1. The first kappa shape index (κ1) is 19.9. The Hall–Kier alpha value is -3.38. The summed E-state index contributed by atoms with van der Waals surface area (Å²) in [5, 5.41) is 0.337. The molecule has 0 amide bonds. The molecule has 1 aromatic heterocycles. The number of carbonyl (C=O) groups excluding carboxylic acids is 1. The molecule has 6 heteroatoms. The summed E-state index contributed by atoms with van der Waals surface area (Å²) in [6, 6.07) is 21.6. The second-order valence-corrected chi connectivity index (χ2v) is 7.43. The lowest BCUT2D eigenvalue weighted by Crippen LogP contribution is -2.09. The molecular formula is C24H17BrO5. The van der Waals surface area contributed by atoms with Gasteiger partial charge in [0.15, 0.2) is 0 Å². The van der Waals surface area contributed by atoms with E-state index in [0.717, 1.165) is 10.0 Å². The minimum Gasteiger partial charge on any atom is -0.460 e. The molecule has 0 fully saturated rings. The van der Waals surface area contributed by atoms with Gasteiger partial charge in [0.05, 0.1) is 9.86 Å². The standard InChI is InChI=1S/C24H17BrO5/c25-19-8-4-5-9-20(19)30-22-15-28-21-14-17(11-12-18(21)24(22)27)29-23(26)13-10-16-6-2-1-3-7-16/h1-9,11-12,14-15H,10,13H2. The maximum Gasteiger partial charge on any atom is 0.311 e. The quantitative estimate of drug-likeness (QED) is 0.263. The molecule has 0 saturated heterocycles. The Bertz CT molecular complexity index is 1250. The van der Waals surface area contributed by atoms with E-state index in [-0.39, 0.29) is 23.6 Å². The molecule has 150 valence electrons. The van der Waals surface area contributed by atoms with Crippen LogP contribution < -0.4 is 14.9 Å². The zero-order chi connectivity index (χ0) is 20.9. The van der Waals surface area contributed by atoms with Gasteiger partial charge in [-0.25, -0.2) is 0 Å². The number of benzene rings is 3. The summed E-state index contributed by atoms with van der Waals surface area (Å²) in [7, 11) is 0. The molecule has 5 nitrogen and oxygen atoms in total. The highest BCUT2D eigenvalue weighted by atomic mass is 79.9. The number of hydrogen-bond donors (Lipinski definition) is 0. The molecule has 3 aromatic carbocycles. The second kappa shape index (κ2) is 8.97. The Morgan fingerprint density at radius 3 is 2.50 bits per heavy atom. The Balaban J connectivity index is 1.48. The van der Waals surface area contributed by atoms with Crippen LogP contribution in [0.5, 0.6) is 17.2 Å². The number of fused-ring (bicyclic) bond motifs is 1. The Morgan fingerprint density at radius 1 is 0.933 bits per heavy atom. The smallest absolute Gasteiger partial charge is 0.311 e. The lowest BCUT2D eigenvalue weighted by Gasteiger charge is -2.08. The van der Waals surface area contributed by atoms with E-state index < -0.39 is 0 Å². The van der Waals surface area contributed by atoms with Crippen molar-refractivity contribution in [1.29, 1.82) is 0 Å². The summed E-state index contributed by atoms with van der Waals surface area (Å²) in [5.41, 5.74) is 1.07. The first-order valence-electron chi connectivity index (χ1n) is 9.33. The predicted molar refractivity (Wildman–Crippen MR) is 117 cm³/mol. The van der Waals surface area contributed by atoms with Gasteiger partial charge in [-0.3, -0.25) is 9.59 Å². The van der Waals surface area contributed by atoms with Crippen molar-refractivity contribution in [2.75, 3.05) is 0 Å². The minimum atomic E-state index is -0.352. The molecule has 4 aromatic rings. The van der Waals surface area contributed by atoms with Gasteiger partial charge >= 0.3 is 5.97 Å². The van der Waals surface area contributed by atoms with Crippen molar-refractivity contribution in [3.8, 4) is 17.2 Å². The molecule has 0 aliphatic rings. The zero-order valence-corrected chi connectivity index (χ0v) is 17.4. The maximum absolute atomic E-state index is 12.7. The van der Waals surface area contributed by atoms with Crippen molar-refractivity contribution >= 4 is 32.9 Å². The molecule has 0 aliphatic heterocycles. The lowest BCUT2D eigenvalue weighted by molar-refractivity contribution is -0.134. The molecule has 0 unspecified atom stereocenters. The van der Waals surface area contributed by atoms with Crippen LogP contribution in [-0.2, 0) is 11.2 Å². The van der Waals surface area contributed by atoms with Crippen LogP contribution in [0, 0.1) is 0 Å². The Morgan fingerprint density at radius 2 is 1.70 bits per heavy atom. The fraction of sp³-hybridized carbons (Fsp3) is 0.0833. The summed E-state index contributed by atoms with van der Waals surface area (Å²) < 4.78 is 17.3. The molecule has 0 spiro atoms. The minimum absolute atomic E-state index is 0.0713. The van der Waals surface area contributed by atoms with E-state index >= 15 is 0 Å². The van der Waals surface area contributed by atoms with Crippen molar-refractivity contribution < 1.29 is 18.7 Å². The molecule has 0 atom stereocenters. The fourth-order valence-electron chi connectivity index (χ4n) is 2.94. The second-order valence-electron chi connectivity index (χ2n) is 6.58. The van der Waals surface area contributed by atoms with Crippen molar-refractivity contribution in [2.45, 2.75) is 12.8 Å². The molecule has 30 heavy (non-hydrogen) atoms. The van der Waals surface area contributed by atoms with Crippen LogP contribution >= 0.6 is 15.9 Å². The summed E-state index contributed by atoms with van der Waals surface area (Å²) in [6.45, 7) is 0. The molecule has 0 bridgehead atoms. The van der Waals surface area contributed by atoms with E-state index in [2.05, 4.69) is 15.9 Å². The van der Waals surface area contributed by atoms with Crippen LogP contribution in [0.3, 0.4) is 0 Å². The molecule has 0 saturated carbocycles. The highest BCUT2D eigenvalue weighted by molar-refractivity contribution is 9.10. The first-order valence-corrected chi connectivity index (χ1v) is 10.1. The van der Waals surface area contributed by atoms with E-state index in [1.54, 1.807) is 24.3 Å². The van der Waals surface area contributed by atoms with Crippen molar-refractivity contribution in [3.63, 3.8) is 0 Å². The molecule has 1 heterocycles. The first-order chi connectivity index (χ1) is 14.6. The van der Waals surface area contributed by atoms with Gasteiger partial charge in [0.2, 0.25) is 11.2 Å². The van der Waals surface area contributed by atoms with Gasteiger partial charge in [-0.05, 0) is 52.2 Å². The van der Waals surface area contributed by atoms with Gasteiger partial charge in [-0.2, -0.15) is 0 Å². The third-order valence-corrected chi connectivity index (χ3v) is 5.12. The highest BCUT2D eigenvalue weighted by Crippen LogP contribution is 2.29. The van der Waals surface area contributed by atoms with E-state index in [4.69, 9.17) is 13.9 Å². The third-order valence-electron chi connectivity index (χ3n) is 4.46. The third kappa shape index (κ3) is 4.60. The van der Waals surface area contributed by atoms with E-state index in [1.165, 1.54) is 12.3 Å². The van der Waals surface area contributed by atoms with E-state index in [9.17, 15) is 9.59 Å². The number of ether oxygens (including phenoxy) is 2. The van der Waals surface area contributed by atoms with E-state index in [0.29, 0.717) is 28.9 Å². The van der Waals surface area contributed by atoms with E-state index in [1.807, 2.05) is 42.5 Å². The van der Waals surface area contributed by atoms with Crippen LogP contribution in [0.4, 0.5) is 0 Å². The average molecular weight is 465 g/mol. The Labute approximate surface area is 181 Å².